The topological polar surface area (TPSA) is 79.2 Å². The van der Waals surface area contributed by atoms with Crippen LogP contribution in [0, 0.1) is 0 Å². The standard InChI is InChI=1S/C12H14N4O2/c1-12(2,10(17)18)16(3)11-13-8-6-4-5-7-9(8)14-15-11/h4-7H,1-3H3,(H,17,18). The van der Waals surface area contributed by atoms with Gasteiger partial charge in [0.25, 0.3) is 0 Å². The van der Waals surface area contributed by atoms with E-state index in [0.29, 0.717) is 17.0 Å². The summed E-state index contributed by atoms with van der Waals surface area (Å²) in [7, 11) is 1.64. The lowest BCUT2D eigenvalue weighted by Gasteiger charge is -2.31. The molecule has 0 atom stereocenters. The number of nitrogens with zero attached hydrogens (tertiary/aromatic N) is 4. The molecule has 6 nitrogen and oxygen atoms in total. The van der Waals surface area contributed by atoms with Crippen LogP contribution in [-0.2, 0) is 4.79 Å². The lowest BCUT2D eigenvalue weighted by Crippen LogP contribution is -2.48. The van der Waals surface area contributed by atoms with Crippen LogP contribution in [0.15, 0.2) is 24.3 Å². The molecule has 0 radical (unpaired) electrons. The maximum Gasteiger partial charge on any atom is 0.329 e. The van der Waals surface area contributed by atoms with Crippen LogP contribution in [0.4, 0.5) is 5.95 Å². The van der Waals surface area contributed by atoms with Crippen molar-refractivity contribution in [2.75, 3.05) is 11.9 Å². The highest BCUT2D eigenvalue weighted by Crippen LogP contribution is 2.19. The summed E-state index contributed by atoms with van der Waals surface area (Å²) >= 11 is 0. The number of likely N-dealkylation sites (N-methyl/N-ethyl adjacent to an activating group) is 1. The summed E-state index contributed by atoms with van der Waals surface area (Å²) in [6.07, 6.45) is 0. The Balaban J connectivity index is 2.45. The minimum absolute atomic E-state index is 0.293. The molecule has 0 spiro atoms. The number of carboxylic acids is 1. The Bertz CT molecular complexity index is 597. The number of rotatable bonds is 3. The van der Waals surface area contributed by atoms with Gasteiger partial charge in [-0.2, -0.15) is 0 Å². The second-order valence-corrected chi connectivity index (χ2v) is 4.52. The van der Waals surface area contributed by atoms with Crippen molar-refractivity contribution >= 4 is 23.0 Å². The fraction of sp³-hybridized carbons (Fsp3) is 0.333. The highest BCUT2D eigenvalue weighted by Gasteiger charge is 2.34. The molecule has 2 rings (SSSR count). The molecule has 1 aromatic heterocycles. The van der Waals surface area contributed by atoms with Gasteiger partial charge in [0, 0.05) is 7.05 Å². The Morgan fingerprint density at radius 2 is 1.83 bits per heavy atom. The number of carbonyl (C=O) groups is 1. The van der Waals surface area contributed by atoms with Crippen molar-refractivity contribution in [2.24, 2.45) is 0 Å². The second-order valence-electron chi connectivity index (χ2n) is 4.52. The monoisotopic (exact) mass is 246 g/mol. The zero-order valence-electron chi connectivity index (χ0n) is 10.5. The highest BCUT2D eigenvalue weighted by molar-refractivity contribution is 5.82. The molecule has 0 saturated carbocycles. The van der Waals surface area contributed by atoms with Crippen molar-refractivity contribution < 1.29 is 9.90 Å². The molecule has 0 aliphatic carbocycles. The van der Waals surface area contributed by atoms with Gasteiger partial charge in [-0.25, -0.2) is 9.78 Å². The molecule has 0 amide bonds. The van der Waals surface area contributed by atoms with Gasteiger partial charge in [0.15, 0.2) is 0 Å². The summed E-state index contributed by atoms with van der Waals surface area (Å²) in [5.41, 5.74) is 0.280. The van der Waals surface area contributed by atoms with E-state index in [4.69, 9.17) is 5.11 Å². The van der Waals surface area contributed by atoms with Gasteiger partial charge in [-0.15, -0.1) is 10.2 Å². The van der Waals surface area contributed by atoms with Gasteiger partial charge < -0.3 is 10.0 Å². The molecule has 0 saturated heterocycles. The quantitative estimate of drug-likeness (QED) is 0.880. The summed E-state index contributed by atoms with van der Waals surface area (Å²) in [6.45, 7) is 3.18. The summed E-state index contributed by atoms with van der Waals surface area (Å²) < 4.78 is 0. The third-order valence-corrected chi connectivity index (χ3v) is 3.01. The summed E-state index contributed by atoms with van der Waals surface area (Å²) in [6, 6.07) is 7.32. The average molecular weight is 246 g/mol. The minimum Gasteiger partial charge on any atom is -0.480 e. The molecule has 0 unspecified atom stereocenters. The summed E-state index contributed by atoms with van der Waals surface area (Å²) in [4.78, 5) is 17.0. The Labute approximate surface area is 104 Å². The summed E-state index contributed by atoms with van der Waals surface area (Å²) in [5.74, 6) is -0.650. The number of para-hydroxylation sites is 1. The first-order chi connectivity index (χ1) is 8.43. The van der Waals surface area contributed by atoms with Gasteiger partial charge in [-0.05, 0) is 26.0 Å². The number of anilines is 1. The first-order valence-corrected chi connectivity index (χ1v) is 5.49. The summed E-state index contributed by atoms with van der Waals surface area (Å²) in [5, 5.41) is 17.2. The highest BCUT2D eigenvalue weighted by atomic mass is 16.4. The maximum absolute atomic E-state index is 11.2. The number of hydrogen-bond acceptors (Lipinski definition) is 5. The van der Waals surface area contributed by atoms with Gasteiger partial charge in [0.1, 0.15) is 11.1 Å². The molecule has 94 valence electrons. The van der Waals surface area contributed by atoms with E-state index in [2.05, 4.69) is 15.2 Å². The molecular formula is C12H14N4O2. The van der Waals surface area contributed by atoms with Crippen molar-refractivity contribution in [2.45, 2.75) is 19.4 Å². The maximum atomic E-state index is 11.2. The molecule has 6 heteroatoms. The number of aromatic nitrogens is 3. The number of aliphatic carboxylic acids is 1. The lowest BCUT2D eigenvalue weighted by molar-refractivity contribution is -0.142. The Hall–Kier alpha value is -2.24. The van der Waals surface area contributed by atoms with Crippen molar-refractivity contribution in [1.82, 2.24) is 15.2 Å². The van der Waals surface area contributed by atoms with Crippen LogP contribution >= 0.6 is 0 Å². The van der Waals surface area contributed by atoms with Crippen LogP contribution < -0.4 is 4.90 Å². The van der Waals surface area contributed by atoms with Gasteiger partial charge >= 0.3 is 5.97 Å². The van der Waals surface area contributed by atoms with E-state index in [1.165, 1.54) is 4.90 Å². The van der Waals surface area contributed by atoms with Gasteiger partial charge in [-0.3, -0.25) is 0 Å². The zero-order chi connectivity index (χ0) is 13.3. The van der Waals surface area contributed by atoms with Crippen LogP contribution in [0.2, 0.25) is 0 Å². The van der Waals surface area contributed by atoms with Crippen LogP contribution in [0.3, 0.4) is 0 Å². The van der Waals surface area contributed by atoms with Gasteiger partial charge in [0.05, 0.1) is 5.52 Å². The van der Waals surface area contributed by atoms with E-state index in [-0.39, 0.29) is 0 Å². The van der Waals surface area contributed by atoms with Crippen molar-refractivity contribution in [3.63, 3.8) is 0 Å². The first-order valence-electron chi connectivity index (χ1n) is 5.49. The minimum atomic E-state index is -1.09. The molecule has 0 bridgehead atoms. The Kier molecular flexibility index (Phi) is 2.86. The van der Waals surface area contributed by atoms with Gasteiger partial charge in [0.2, 0.25) is 5.95 Å². The molecule has 0 aliphatic heterocycles. The fourth-order valence-corrected chi connectivity index (χ4v) is 1.41. The molecule has 2 aromatic rings. The molecule has 0 fully saturated rings. The lowest BCUT2D eigenvalue weighted by atomic mass is 10.1. The Morgan fingerprint density at radius 1 is 1.22 bits per heavy atom. The molecule has 0 aliphatic rings. The van der Waals surface area contributed by atoms with E-state index in [0.717, 1.165) is 0 Å². The van der Waals surface area contributed by atoms with Crippen LogP contribution in [0.1, 0.15) is 13.8 Å². The smallest absolute Gasteiger partial charge is 0.329 e. The average Bonchev–Trinajstić information content (AvgIpc) is 2.37. The van der Waals surface area contributed by atoms with Crippen LogP contribution in [0.5, 0.6) is 0 Å². The predicted molar refractivity (Wildman–Crippen MR) is 67.5 cm³/mol. The molecule has 1 heterocycles. The van der Waals surface area contributed by atoms with Crippen molar-refractivity contribution in [1.29, 1.82) is 0 Å². The SMILES string of the molecule is CN(c1nnc2ccccc2n1)C(C)(C)C(=O)O. The van der Waals surface area contributed by atoms with Crippen LogP contribution in [0.25, 0.3) is 11.0 Å². The Morgan fingerprint density at radius 3 is 2.44 bits per heavy atom. The van der Waals surface area contributed by atoms with E-state index < -0.39 is 11.5 Å². The van der Waals surface area contributed by atoms with E-state index >= 15 is 0 Å². The van der Waals surface area contributed by atoms with E-state index in [1.807, 2.05) is 18.2 Å². The fourth-order valence-electron chi connectivity index (χ4n) is 1.41. The second kappa shape index (κ2) is 4.21. The zero-order valence-corrected chi connectivity index (χ0v) is 10.5. The van der Waals surface area contributed by atoms with Crippen LogP contribution in [-0.4, -0.2) is 38.8 Å². The third-order valence-electron chi connectivity index (χ3n) is 3.01. The normalized spacial score (nSPS) is 11.5. The number of hydrogen-bond donors (Lipinski definition) is 1. The van der Waals surface area contributed by atoms with E-state index in [1.54, 1.807) is 27.0 Å². The predicted octanol–water partition coefficient (Wildman–Crippen LogP) is 1.32. The molecular weight excluding hydrogens is 232 g/mol. The largest absolute Gasteiger partial charge is 0.480 e. The molecule has 1 aromatic carbocycles. The van der Waals surface area contributed by atoms with Crippen molar-refractivity contribution in [3.05, 3.63) is 24.3 Å². The first kappa shape index (κ1) is 12.2. The number of carboxylic acid groups (broad SMARTS) is 1. The molecule has 18 heavy (non-hydrogen) atoms. The third kappa shape index (κ3) is 1.97. The van der Waals surface area contributed by atoms with E-state index in [9.17, 15) is 4.79 Å². The number of fused-ring (bicyclic) bond motifs is 1. The van der Waals surface area contributed by atoms with Gasteiger partial charge in [-0.1, -0.05) is 12.1 Å². The van der Waals surface area contributed by atoms with Crippen molar-refractivity contribution in [3.8, 4) is 0 Å². The number of benzene rings is 1. The molecule has 1 N–H and O–H groups in total.